The van der Waals surface area contributed by atoms with Gasteiger partial charge in [-0.3, -0.25) is 9.59 Å². The van der Waals surface area contributed by atoms with Crippen molar-refractivity contribution in [2.75, 3.05) is 4.90 Å². The molecule has 2 aromatic rings. The summed E-state index contributed by atoms with van der Waals surface area (Å²) in [6, 6.07) is 12.9. The molecular formula is C15H11NO2S. The maximum Gasteiger partial charge on any atom is 0.261 e. The Hall–Kier alpha value is -2.20. The highest BCUT2D eigenvalue weighted by Gasteiger charge is 2.34. The van der Waals surface area contributed by atoms with Crippen molar-refractivity contribution in [3.8, 4) is 0 Å². The lowest BCUT2D eigenvalue weighted by molar-refractivity contribution is -0.120. The number of amides is 2. The van der Waals surface area contributed by atoms with E-state index >= 15 is 0 Å². The first-order valence-corrected chi connectivity index (χ1v) is 6.80. The highest BCUT2D eigenvalue weighted by Crippen LogP contribution is 2.27. The highest BCUT2D eigenvalue weighted by molar-refractivity contribution is 7.10. The van der Waals surface area contributed by atoms with Crippen molar-refractivity contribution >= 4 is 34.9 Å². The van der Waals surface area contributed by atoms with Crippen LogP contribution in [0.2, 0.25) is 0 Å². The van der Waals surface area contributed by atoms with Gasteiger partial charge in [0, 0.05) is 10.5 Å². The molecule has 3 rings (SSSR count). The molecule has 19 heavy (non-hydrogen) atoms. The van der Waals surface area contributed by atoms with Gasteiger partial charge >= 0.3 is 0 Å². The van der Waals surface area contributed by atoms with E-state index in [4.69, 9.17) is 0 Å². The molecule has 0 aliphatic carbocycles. The Balaban J connectivity index is 1.94. The van der Waals surface area contributed by atoms with Crippen LogP contribution in [0.3, 0.4) is 0 Å². The topological polar surface area (TPSA) is 37.4 Å². The lowest BCUT2D eigenvalue weighted by Crippen LogP contribution is -2.28. The molecule has 0 atom stereocenters. The Kier molecular flexibility index (Phi) is 3.01. The van der Waals surface area contributed by atoms with Gasteiger partial charge in [-0.05, 0) is 29.7 Å². The lowest BCUT2D eigenvalue weighted by atomic mass is 10.2. The van der Waals surface area contributed by atoms with E-state index in [0.717, 1.165) is 4.88 Å². The Morgan fingerprint density at radius 2 is 1.84 bits per heavy atom. The minimum atomic E-state index is -0.218. The molecule has 1 fully saturated rings. The second-order valence-corrected chi connectivity index (χ2v) is 5.21. The van der Waals surface area contributed by atoms with Gasteiger partial charge in [0.2, 0.25) is 5.91 Å². The smallest absolute Gasteiger partial charge is 0.261 e. The number of anilines is 1. The molecule has 4 heteroatoms. The third kappa shape index (κ3) is 2.22. The monoisotopic (exact) mass is 269 g/mol. The molecule has 0 radical (unpaired) electrons. The van der Waals surface area contributed by atoms with Gasteiger partial charge in [-0.2, -0.15) is 0 Å². The van der Waals surface area contributed by atoms with E-state index in [1.165, 1.54) is 4.90 Å². The van der Waals surface area contributed by atoms with Crippen molar-refractivity contribution < 1.29 is 9.59 Å². The molecule has 1 aromatic heterocycles. The summed E-state index contributed by atoms with van der Waals surface area (Å²) in [4.78, 5) is 26.5. The van der Waals surface area contributed by atoms with Crippen LogP contribution in [-0.2, 0) is 9.59 Å². The normalized spacial score (nSPS) is 17.5. The number of hydrogen-bond acceptors (Lipinski definition) is 3. The van der Waals surface area contributed by atoms with Crippen LogP contribution >= 0.6 is 11.3 Å². The number of carbonyl (C=O) groups excluding carboxylic acids is 2. The van der Waals surface area contributed by atoms with E-state index in [9.17, 15) is 9.59 Å². The van der Waals surface area contributed by atoms with Gasteiger partial charge in [0.15, 0.2) is 0 Å². The summed E-state index contributed by atoms with van der Waals surface area (Å²) in [6.07, 6.45) is 1.97. The van der Waals surface area contributed by atoms with Crippen LogP contribution < -0.4 is 4.90 Å². The van der Waals surface area contributed by atoms with Gasteiger partial charge in [0.25, 0.3) is 5.91 Å². The minimum absolute atomic E-state index is 0.168. The van der Waals surface area contributed by atoms with Crippen LogP contribution in [0.1, 0.15) is 11.3 Å². The first kappa shape index (κ1) is 11.9. The summed E-state index contributed by atoms with van der Waals surface area (Å²) in [6.45, 7) is 0. The standard InChI is InChI=1S/C15H11NO2S/c17-14-10-11(9-13-7-4-8-19-13)15(18)16(14)12-5-2-1-3-6-12/h1-9H,10H2/b11-9+. The van der Waals surface area contributed by atoms with Crippen LogP contribution in [0.25, 0.3) is 6.08 Å². The molecule has 1 saturated heterocycles. The molecule has 3 nitrogen and oxygen atoms in total. The summed E-state index contributed by atoms with van der Waals surface area (Å²) >= 11 is 1.55. The SMILES string of the molecule is O=C1C/C(=C\c2cccs2)C(=O)N1c1ccccc1. The molecule has 94 valence electrons. The van der Waals surface area contributed by atoms with Crippen molar-refractivity contribution in [1.82, 2.24) is 0 Å². The van der Waals surface area contributed by atoms with Crippen molar-refractivity contribution in [2.45, 2.75) is 6.42 Å². The van der Waals surface area contributed by atoms with E-state index in [-0.39, 0.29) is 18.2 Å². The predicted octanol–water partition coefficient (Wildman–Crippen LogP) is 3.10. The Labute approximate surface area is 114 Å². The second kappa shape index (κ2) is 4.82. The number of thiophene rings is 1. The second-order valence-electron chi connectivity index (χ2n) is 4.23. The zero-order valence-corrected chi connectivity index (χ0v) is 10.9. The summed E-state index contributed by atoms with van der Waals surface area (Å²) in [5, 5.41) is 1.95. The fourth-order valence-electron chi connectivity index (χ4n) is 2.07. The molecule has 0 spiro atoms. The first-order valence-electron chi connectivity index (χ1n) is 5.92. The van der Waals surface area contributed by atoms with Crippen LogP contribution in [0.5, 0.6) is 0 Å². The molecule has 1 aliphatic rings. The zero-order valence-electron chi connectivity index (χ0n) is 10.1. The average molecular weight is 269 g/mol. The fourth-order valence-corrected chi connectivity index (χ4v) is 2.75. The predicted molar refractivity (Wildman–Crippen MR) is 75.8 cm³/mol. The number of para-hydroxylation sites is 1. The van der Waals surface area contributed by atoms with E-state index in [1.807, 2.05) is 35.7 Å². The van der Waals surface area contributed by atoms with E-state index in [0.29, 0.717) is 11.3 Å². The van der Waals surface area contributed by atoms with Gasteiger partial charge < -0.3 is 0 Å². The van der Waals surface area contributed by atoms with E-state index in [2.05, 4.69) is 0 Å². The average Bonchev–Trinajstić information content (AvgIpc) is 3.01. The van der Waals surface area contributed by atoms with Crippen molar-refractivity contribution in [2.24, 2.45) is 0 Å². The summed E-state index contributed by atoms with van der Waals surface area (Å²) in [5.41, 5.74) is 1.18. The van der Waals surface area contributed by atoms with E-state index < -0.39 is 0 Å². The van der Waals surface area contributed by atoms with E-state index in [1.54, 1.807) is 29.5 Å². The van der Waals surface area contributed by atoms with Gasteiger partial charge in [0.1, 0.15) is 0 Å². The molecular weight excluding hydrogens is 258 g/mol. The maximum atomic E-state index is 12.3. The van der Waals surface area contributed by atoms with Crippen LogP contribution in [0.4, 0.5) is 5.69 Å². The number of benzene rings is 1. The number of rotatable bonds is 2. The molecule has 2 heterocycles. The molecule has 0 N–H and O–H groups in total. The molecule has 0 saturated carbocycles. The lowest BCUT2D eigenvalue weighted by Gasteiger charge is -2.12. The van der Waals surface area contributed by atoms with Crippen LogP contribution in [-0.4, -0.2) is 11.8 Å². The highest BCUT2D eigenvalue weighted by atomic mass is 32.1. The number of nitrogens with zero attached hydrogens (tertiary/aromatic N) is 1. The number of imide groups is 1. The fraction of sp³-hybridized carbons (Fsp3) is 0.0667. The summed E-state index contributed by atoms with van der Waals surface area (Å²) < 4.78 is 0. The molecule has 2 amide bonds. The minimum Gasteiger partial charge on any atom is -0.274 e. The van der Waals surface area contributed by atoms with Crippen LogP contribution in [0, 0.1) is 0 Å². The summed E-state index contributed by atoms with van der Waals surface area (Å²) in [7, 11) is 0. The van der Waals surface area contributed by atoms with Gasteiger partial charge in [0.05, 0.1) is 12.1 Å². The third-order valence-electron chi connectivity index (χ3n) is 2.94. The van der Waals surface area contributed by atoms with Crippen molar-refractivity contribution in [3.63, 3.8) is 0 Å². The number of hydrogen-bond donors (Lipinski definition) is 0. The quantitative estimate of drug-likeness (QED) is 0.620. The Morgan fingerprint density at radius 1 is 1.05 bits per heavy atom. The molecule has 0 bridgehead atoms. The zero-order chi connectivity index (χ0) is 13.2. The maximum absolute atomic E-state index is 12.3. The largest absolute Gasteiger partial charge is 0.274 e. The third-order valence-corrected chi connectivity index (χ3v) is 3.76. The van der Waals surface area contributed by atoms with Gasteiger partial charge in [-0.1, -0.05) is 24.3 Å². The Bertz CT molecular complexity index is 644. The molecule has 0 unspecified atom stereocenters. The summed E-state index contributed by atoms with van der Waals surface area (Å²) in [5.74, 6) is -0.386. The van der Waals surface area contributed by atoms with Gasteiger partial charge in [-0.15, -0.1) is 11.3 Å². The Morgan fingerprint density at radius 3 is 2.53 bits per heavy atom. The first-order chi connectivity index (χ1) is 9.25. The molecule has 1 aliphatic heterocycles. The molecule has 1 aromatic carbocycles. The van der Waals surface area contributed by atoms with Crippen molar-refractivity contribution in [1.29, 1.82) is 0 Å². The van der Waals surface area contributed by atoms with Crippen molar-refractivity contribution in [3.05, 3.63) is 58.3 Å². The van der Waals surface area contributed by atoms with Gasteiger partial charge in [-0.25, -0.2) is 4.90 Å². The van der Waals surface area contributed by atoms with Crippen LogP contribution in [0.15, 0.2) is 53.4 Å². The number of carbonyl (C=O) groups is 2.